The summed E-state index contributed by atoms with van der Waals surface area (Å²) in [7, 11) is 0. The van der Waals surface area contributed by atoms with Gasteiger partial charge in [-0.15, -0.1) is 0 Å². The molecule has 1 saturated heterocycles. The molecule has 4 nitrogen and oxygen atoms in total. The quantitative estimate of drug-likeness (QED) is 0.785. The summed E-state index contributed by atoms with van der Waals surface area (Å²) in [6.45, 7) is 5.83. The van der Waals surface area contributed by atoms with Gasteiger partial charge in [0.25, 0.3) is 0 Å². The second-order valence-electron chi connectivity index (χ2n) is 4.89. The highest BCUT2D eigenvalue weighted by Gasteiger charge is 2.22. The van der Waals surface area contributed by atoms with Gasteiger partial charge in [-0.05, 0) is 31.9 Å². The van der Waals surface area contributed by atoms with Crippen molar-refractivity contribution in [1.82, 2.24) is 15.3 Å². The van der Waals surface area contributed by atoms with Crippen molar-refractivity contribution in [2.24, 2.45) is 0 Å². The number of nitrogens with zero attached hydrogens (tertiary/aromatic N) is 2. The highest BCUT2D eigenvalue weighted by Crippen LogP contribution is 2.23. The fourth-order valence-corrected chi connectivity index (χ4v) is 2.71. The Bertz CT molecular complexity index is 413. The molecule has 17 heavy (non-hydrogen) atoms. The van der Waals surface area contributed by atoms with E-state index in [9.17, 15) is 0 Å². The van der Waals surface area contributed by atoms with Gasteiger partial charge < -0.3 is 10.1 Å². The Morgan fingerprint density at radius 2 is 2.12 bits per heavy atom. The Balaban J connectivity index is 1.96. The number of ether oxygens (including phenoxy) is 1. The number of nitrogens with one attached hydrogen (secondary N) is 1. The molecule has 1 aromatic rings. The van der Waals surface area contributed by atoms with E-state index in [4.69, 9.17) is 14.7 Å². The van der Waals surface area contributed by atoms with Crippen molar-refractivity contribution >= 4 is 0 Å². The predicted molar refractivity (Wildman–Crippen MR) is 65.2 cm³/mol. The molecular formula is C13H19N3O. The zero-order valence-corrected chi connectivity index (χ0v) is 10.3. The highest BCUT2D eigenvalue weighted by atomic mass is 16.5. The van der Waals surface area contributed by atoms with Gasteiger partial charge in [-0.1, -0.05) is 0 Å². The summed E-state index contributed by atoms with van der Waals surface area (Å²) in [5.41, 5.74) is 3.69. The van der Waals surface area contributed by atoms with E-state index in [1.165, 1.54) is 11.3 Å². The van der Waals surface area contributed by atoms with Gasteiger partial charge in [0.05, 0.1) is 13.2 Å². The van der Waals surface area contributed by atoms with E-state index in [0.29, 0.717) is 5.92 Å². The first kappa shape index (κ1) is 11.1. The predicted octanol–water partition coefficient (Wildman–Crippen LogP) is 0.977. The van der Waals surface area contributed by atoms with E-state index in [2.05, 4.69) is 12.2 Å². The molecule has 0 saturated carbocycles. The molecular weight excluding hydrogens is 214 g/mol. The molecule has 92 valence electrons. The Hall–Kier alpha value is -1.00. The first-order valence-electron chi connectivity index (χ1n) is 6.49. The molecule has 1 N–H and O–H groups in total. The summed E-state index contributed by atoms with van der Waals surface area (Å²) in [5, 5.41) is 3.38. The fourth-order valence-electron chi connectivity index (χ4n) is 2.71. The van der Waals surface area contributed by atoms with Crippen molar-refractivity contribution in [3.63, 3.8) is 0 Å². The van der Waals surface area contributed by atoms with Gasteiger partial charge >= 0.3 is 0 Å². The zero-order valence-electron chi connectivity index (χ0n) is 10.3. The Labute approximate surface area is 102 Å². The normalized spacial score (nSPS) is 24.4. The summed E-state index contributed by atoms with van der Waals surface area (Å²) in [6.07, 6.45) is 3.06. The third-order valence-corrected chi connectivity index (χ3v) is 3.72. The number of hydrogen-bond donors (Lipinski definition) is 1. The third-order valence-electron chi connectivity index (χ3n) is 3.72. The number of hydrogen-bond acceptors (Lipinski definition) is 4. The minimum absolute atomic E-state index is 0.503. The van der Waals surface area contributed by atoms with Crippen molar-refractivity contribution in [3.8, 4) is 0 Å². The summed E-state index contributed by atoms with van der Waals surface area (Å²) in [6, 6.07) is 0. The lowest BCUT2D eigenvalue weighted by Gasteiger charge is -2.13. The molecule has 3 heterocycles. The van der Waals surface area contributed by atoms with E-state index in [1.807, 2.05) is 0 Å². The summed E-state index contributed by atoms with van der Waals surface area (Å²) in [4.78, 5) is 9.49. The van der Waals surface area contributed by atoms with Gasteiger partial charge in [0.1, 0.15) is 5.82 Å². The van der Waals surface area contributed by atoms with Crippen LogP contribution in [0.5, 0.6) is 0 Å². The zero-order chi connectivity index (χ0) is 11.7. The minimum Gasteiger partial charge on any atom is -0.381 e. The van der Waals surface area contributed by atoms with Crippen LogP contribution >= 0.6 is 0 Å². The van der Waals surface area contributed by atoms with Crippen molar-refractivity contribution in [2.75, 3.05) is 26.3 Å². The highest BCUT2D eigenvalue weighted by molar-refractivity contribution is 5.27. The molecule has 0 amide bonds. The molecule has 1 aromatic heterocycles. The lowest BCUT2D eigenvalue weighted by molar-refractivity contribution is 0.146. The number of aryl methyl sites for hydroxylation is 1. The van der Waals surface area contributed by atoms with Gasteiger partial charge in [-0.25, -0.2) is 9.97 Å². The van der Waals surface area contributed by atoms with Crippen LogP contribution in [0.25, 0.3) is 0 Å². The molecule has 1 unspecified atom stereocenters. The Kier molecular flexibility index (Phi) is 3.07. The van der Waals surface area contributed by atoms with Crippen LogP contribution in [0, 0.1) is 6.92 Å². The minimum atomic E-state index is 0.503. The standard InChI is InChI=1S/C13H19N3O/c1-9-11-3-6-17-7-4-12(11)16-13(15-9)10-2-5-14-8-10/h10,14H,2-8H2,1H3. The molecule has 1 fully saturated rings. The van der Waals surface area contributed by atoms with Crippen LogP contribution < -0.4 is 5.32 Å². The van der Waals surface area contributed by atoms with E-state index in [1.54, 1.807) is 0 Å². The van der Waals surface area contributed by atoms with Gasteiger partial charge in [-0.3, -0.25) is 0 Å². The first-order chi connectivity index (χ1) is 8.34. The third kappa shape index (κ3) is 2.19. The largest absolute Gasteiger partial charge is 0.381 e. The molecule has 0 radical (unpaired) electrons. The lowest BCUT2D eigenvalue weighted by atomic mass is 10.0. The van der Waals surface area contributed by atoms with Crippen molar-refractivity contribution in [2.45, 2.75) is 32.1 Å². The van der Waals surface area contributed by atoms with Crippen LogP contribution in [-0.4, -0.2) is 36.3 Å². The van der Waals surface area contributed by atoms with Crippen LogP contribution in [0.15, 0.2) is 0 Å². The average Bonchev–Trinajstić information content (AvgIpc) is 2.75. The van der Waals surface area contributed by atoms with Crippen LogP contribution in [0.2, 0.25) is 0 Å². The molecule has 1 atom stereocenters. The average molecular weight is 233 g/mol. The van der Waals surface area contributed by atoms with Gasteiger partial charge in [0, 0.05) is 30.3 Å². The van der Waals surface area contributed by atoms with Crippen molar-refractivity contribution < 1.29 is 4.74 Å². The maximum atomic E-state index is 5.52. The molecule has 0 spiro atoms. The van der Waals surface area contributed by atoms with Crippen LogP contribution in [0.4, 0.5) is 0 Å². The Morgan fingerprint density at radius 1 is 1.24 bits per heavy atom. The second kappa shape index (κ2) is 4.70. The van der Waals surface area contributed by atoms with Crippen LogP contribution in [0.1, 0.15) is 35.1 Å². The monoisotopic (exact) mass is 233 g/mol. The smallest absolute Gasteiger partial charge is 0.133 e. The summed E-state index contributed by atoms with van der Waals surface area (Å²) in [5.74, 6) is 1.54. The van der Waals surface area contributed by atoms with E-state index in [-0.39, 0.29) is 0 Å². The molecule has 0 aromatic carbocycles. The van der Waals surface area contributed by atoms with Crippen LogP contribution in [-0.2, 0) is 17.6 Å². The molecule has 0 aliphatic carbocycles. The molecule has 0 bridgehead atoms. The second-order valence-corrected chi connectivity index (χ2v) is 4.89. The van der Waals surface area contributed by atoms with Crippen molar-refractivity contribution in [1.29, 1.82) is 0 Å². The first-order valence-corrected chi connectivity index (χ1v) is 6.49. The molecule has 2 aliphatic rings. The summed E-state index contributed by atoms with van der Waals surface area (Å²) < 4.78 is 5.52. The maximum Gasteiger partial charge on any atom is 0.133 e. The Morgan fingerprint density at radius 3 is 2.94 bits per heavy atom. The van der Waals surface area contributed by atoms with E-state index < -0.39 is 0 Å². The van der Waals surface area contributed by atoms with E-state index in [0.717, 1.165) is 57.1 Å². The molecule has 3 rings (SSSR count). The summed E-state index contributed by atoms with van der Waals surface area (Å²) >= 11 is 0. The molecule has 4 heteroatoms. The topological polar surface area (TPSA) is 47.0 Å². The van der Waals surface area contributed by atoms with E-state index >= 15 is 0 Å². The number of rotatable bonds is 1. The van der Waals surface area contributed by atoms with Crippen LogP contribution in [0.3, 0.4) is 0 Å². The fraction of sp³-hybridized carbons (Fsp3) is 0.692. The van der Waals surface area contributed by atoms with Gasteiger partial charge in [-0.2, -0.15) is 0 Å². The van der Waals surface area contributed by atoms with Crippen molar-refractivity contribution in [3.05, 3.63) is 22.8 Å². The van der Waals surface area contributed by atoms with Gasteiger partial charge in [0.15, 0.2) is 0 Å². The number of fused-ring (bicyclic) bond motifs is 1. The lowest BCUT2D eigenvalue weighted by Crippen LogP contribution is -2.14. The molecule has 2 aliphatic heterocycles. The van der Waals surface area contributed by atoms with Gasteiger partial charge in [0.2, 0.25) is 0 Å². The number of aromatic nitrogens is 2. The maximum absolute atomic E-state index is 5.52. The SMILES string of the molecule is Cc1nc(C2CCNC2)nc2c1CCOCC2.